The van der Waals surface area contributed by atoms with Crippen LogP contribution in [0.25, 0.3) is 0 Å². The van der Waals surface area contributed by atoms with Crippen molar-refractivity contribution in [2.45, 2.75) is 58.6 Å². The highest BCUT2D eigenvalue weighted by Crippen LogP contribution is 2.44. The Morgan fingerprint density at radius 2 is 1.61 bits per heavy atom. The quantitative estimate of drug-likeness (QED) is 0.658. The highest BCUT2D eigenvalue weighted by molar-refractivity contribution is 5.73. The van der Waals surface area contributed by atoms with Crippen LogP contribution in [0, 0.1) is 5.41 Å². The molecule has 3 rings (SSSR count). The molecule has 2 aromatic rings. The molecule has 3 nitrogen and oxygen atoms in total. The maximum Gasteiger partial charge on any atom is 0.219 e. The maximum atomic E-state index is 12.3. The van der Waals surface area contributed by atoms with E-state index in [1.165, 1.54) is 11.1 Å². The summed E-state index contributed by atoms with van der Waals surface area (Å²) in [5.41, 5.74) is 2.60. The van der Waals surface area contributed by atoms with E-state index in [1.54, 1.807) is 6.92 Å². The molecule has 0 saturated carbocycles. The minimum Gasteiger partial charge on any atom is -0.376 e. The minimum absolute atomic E-state index is 0.118. The van der Waals surface area contributed by atoms with Crippen molar-refractivity contribution in [2.75, 3.05) is 13.2 Å². The third kappa shape index (κ3) is 5.68. The van der Waals surface area contributed by atoms with Gasteiger partial charge in [-0.1, -0.05) is 60.7 Å². The summed E-state index contributed by atoms with van der Waals surface area (Å²) in [6.45, 7) is 8.32. The van der Waals surface area contributed by atoms with Crippen LogP contribution in [-0.4, -0.2) is 29.6 Å². The van der Waals surface area contributed by atoms with Crippen molar-refractivity contribution in [1.29, 1.82) is 0 Å². The smallest absolute Gasteiger partial charge is 0.219 e. The fourth-order valence-corrected chi connectivity index (χ4v) is 4.59. The van der Waals surface area contributed by atoms with Crippen molar-refractivity contribution in [2.24, 2.45) is 5.41 Å². The van der Waals surface area contributed by atoms with E-state index in [4.69, 9.17) is 4.74 Å². The molecule has 28 heavy (non-hydrogen) atoms. The summed E-state index contributed by atoms with van der Waals surface area (Å²) in [5, 5.41) is 0. The van der Waals surface area contributed by atoms with Gasteiger partial charge in [-0.05, 0) is 56.1 Å². The van der Waals surface area contributed by atoms with Gasteiger partial charge in [-0.25, -0.2) is 0 Å². The van der Waals surface area contributed by atoms with Gasteiger partial charge >= 0.3 is 0 Å². The van der Waals surface area contributed by atoms with Gasteiger partial charge in [0.15, 0.2) is 0 Å². The molecule has 0 N–H and O–H groups in total. The Hall–Kier alpha value is -2.13. The molecule has 1 amide bonds. The molecule has 0 spiro atoms. The molecule has 0 unspecified atom stereocenters. The number of carbonyl (C=O) groups is 1. The van der Waals surface area contributed by atoms with Crippen molar-refractivity contribution in [3.05, 3.63) is 71.8 Å². The number of hydrogen-bond donors (Lipinski definition) is 0. The van der Waals surface area contributed by atoms with Crippen LogP contribution < -0.4 is 0 Å². The van der Waals surface area contributed by atoms with E-state index in [0.717, 1.165) is 38.8 Å². The molecule has 1 aliphatic rings. The Morgan fingerprint density at radius 1 is 1.00 bits per heavy atom. The molecule has 2 aromatic carbocycles. The van der Waals surface area contributed by atoms with Crippen molar-refractivity contribution < 1.29 is 9.53 Å². The highest BCUT2D eigenvalue weighted by Gasteiger charge is 2.41. The van der Waals surface area contributed by atoms with Gasteiger partial charge in [0.1, 0.15) is 0 Å². The largest absolute Gasteiger partial charge is 0.376 e. The van der Waals surface area contributed by atoms with Gasteiger partial charge in [0.25, 0.3) is 0 Å². The van der Waals surface area contributed by atoms with Crippen LogP contribution in [-0.2, 0) is 22.5 Å². The van der Waals surface area contributed by atoms with E-state index < -0.39 is 0 Å². The molecule has 1 saturated heterocycles. The Morgan fingerprint density at radius 3 is 2.18 bits per heavy atom. The molecular weight excluding hydrogens is 346 g/mol. The van der Waals surface area contributed by atoms with Gasteiger partial charge in [-0.2, -0.15) is 0 Å². The predicted octanol–water partition coefficient (Wildman–Crippen LogP) is 5.24. The standard InChI is InChI=1S/C25H33NO2/c1-21(27)26(19-23-12-8-5-9-13-23)16-14-25(15-17-28-24(2,3)20-25)18-22-10-6-4-7-11-22/h4-13H,14-20H2,1-3H3/t25-/m0/s1. The van der Waals surface area contributed by atoms with E-state index in [-0.39, 0.29) is 16.9 Å². The first kappa shape index (κ1) is 20.6. The fourth-order valence-electron chi connectivity index (χ4n) is 4.59. The number of rotatable bonds is 7. The van der Waals surface area contributed by atoms with Gasteiger partial charge in [0.2, 0.25) is 5.91 Å². The summed E-state index contributed by atoms with van der Waals surface area (Å²) in [6.07, 6.45) is 4.10. The number of hydrogen-bond acceptors (Lipinski definition) is 2. The number of nitrogens with zero attached hydrogens (tertiary/aromatic N) is 1. The van der Waals surface area contributed by atoms with Crippen LogP contribution in [0.3, 0.4) is 0 Å². The van der Waals surface area contributed by atoms with Crippen molar-refractivity contribution in [1.82, 2.24) is 4.90 Å². The first-order chi connectivity index (χ1) is 13.4. The molecule has 3 heteroatoms. The summed E-state index contributed by atoms with van der Waals surface area (Å²) >= 11 is 0. The van der Waals surface area contributed by atoms with Gasteiger partial charge in [0.05, 0.1) is 5.60 Å². The lowest BCUT2D eigenvalue weighted by Crippen LogP contribution is -2.44. The van der Waals surface area contributed by atoms with Gasteiger partial charge < -0.3 is 9.64 Å². The average molecular weight is 380 g/mol. The molecule has 0 bridgehead atoms. The third-order valence-electron chi connectivity index (χ3n) is 5.92. The van der Waals surface area contributed by atoms with Crippen LogP contribution in [0.1, 0.15) is 51.2 Å². The number of amides is 1. The summed E-state index contributed by atoms with van der Waals surface area (Å²) < 4.78 is 6.03. The fraction of sp³-hybridized carbons (Fsp3) is 0.480. The number of carbonyl (C=O) groups excluding carboxylic acids is 1. The zero-order chi connectivity index (χ0) is 20.0. The molecule has 1 aliphatic heterocycles. The van der Waals surface area contributed by atoms with E-state index in [0.29, 0.717) is 6.54 Å². The van der Waals surface area contributed by atoms with Crippen molar-refractivity contribution in [3.8, 4) is 0 Å². The molecule has 150 valence electrons. The predicted molar refractivity (Wildman–Crippen MR) is 114 cm³/mol. The second-order valence-corrected chi connectivity index (χ2v) is 8.87. The van der Waals surface area contributed by atoms with E-state index in [1.807, 2.05) is 23.1 Å². The summed E-state index contributed by atoms with van der Waals surface area (Å²) in [6, 6.07) is 21.0. The van der Waals surface area contributed by atoms with Crippen molar-refractivity contribution >= 4 is 5.91 Å². The average Bonchev–Trinajstić information content (AvgIpc) is 2.66. The van der Waals surface area contributed by atoms with Gasteiger partial charge in [-0.3, -0.25) is 4.79 Å². The van der Waals surface area contributed by atoms with E-state index >= 15 is 0 Å². The molecule has 1 heterocycles. The van der Waals surface area contributed by atoms with Crippen LogP contribution in [0.2, 0.25) is 0 Å². The van der Waals surface area contributed by atoms with E-state index in [2.05, 4.69) is 56.3 Å². The first-order valence-corrected chi connectivity index (χ1v) is 10.3. The van der Waals surface area contributed by atoms with Crippen LogP contribution in [0.15, 0.2) is 60.7 Å². The van der Waals surface area contributed by atoms with Gasteiger partial charge in [0, 0.05) is 26.6 Å². The molecular formula is C25H33NO2. The Labute approximate surface area is 169 Å². The Bertz CT molecular complexity index is 757. The van der Waals surface area contributed by atoms with Gasteiger partial charge in [-0.15, -0.1) is 0 Å². The number of ether oxygens (including phenoxy) is 1. The lowest BCUT2D eigenvalue weighted by atomic mass is 9.68. The SMILES string of the molecule is CC(=O)N(CC[C@@]1(Cc2ccccc2)CCOC(C)(C)C1)Cc1ccccc1. The van der Waals surface area contributed by atoms with Crippen molar-refractivity contribution in [3.63, 3.8) is 0 Å². The second kappa shape index (κ2) is 8.91. The molecule has 1 fully saturated rings. The zero-order valence-corrected chi connectivity index (χ0v) is 17.5. The Kier molecular flexibility index (Phi) is 6.56. The summed E-state index contributed by atoms with van der Waals surface area (Å²) in [4.78, 5) is 14.3. The monoisotopic (exact) mass is 379 g/mol. The molecule has 0 radical (unpaired) electrons. The summed E-state index contributed by atoms with van der Waals surface area (Å²) in [5.74, 6) is 0.144. The lowest BCUT2D eigenvalue weighted by Gasteiger charge is -2.46. The molecule has 0 aromatic heterocycles. The van der Waals surface area contributed by atoms with Crippen LogP contribution in [0.4, 0.5) is 0 Å². The van der Waals surface area contributed by atoms with Crippen LogP contribution in [0.5, 0.6) is 0 Å². The topological polar surface area (TPSA) is 29.5 Å². The maximum absolute atomic E-state index is 12.3. The lowest BCUT2D eigenvalue weighted by molar-refractivity contribution is -0.131. The molecule has 0 aliphatic carbocycles. The summed E-state index contributed by atoms with van der Waals surface area (Å²) in [7, 11) is 0. The van der Waals surface area contributed by atoms with Crippen LogP contribution >= 0.6 is 0 Å². The Balaban J connectivity index is 1.75. The highest BCUT2D eigenvalue weighted by atomic mass is 16.5. The normalized spacial score (nSPS) is 21.2. The number of benzene rings is 2. The minimum atomic E-state index is -0.118. The van der Waals surface area contributed by atoms with E-state index in [9.17, 15) is 4.79 Å². The first-order valence-electron chi connectivity index (χ1n) is 10.3. The molecule has 1 atom stereocenters. The third-order valence-corrected chi connectivity index (χ3v) is 5.92. The second-order valence-electron chi connectivity index (χ2n) is 8.87. The zero-order valence-electron chi connectivity index (χ0n) is 17.5.